The van der Waals surface area contributed by atoms with Crippen molar-refractivity contribution in [2.45, 2.75) is 18.7 Å². The number of allylic oxidation sites excluding steroid dienone is 1. The molecule has 0 amide bonds. The quantitative estimate of drug-likeness (QED) is 0.535. The van der Waals surface area contributed by atoms with Crippen molar-refractivity contribution >= 4 is 44.5 Å². The second kappa shape index (κ2) is 8.20. The van der Waals surface area contributed by atoms with Crippen LogP contribution in [0.15, 0.2) is 76.0 Å². The molecule has 0 aliphatic rings. The number of hydrogen-bond donors (Lipinski definition) is 0. The van der Waals surface area contributed by atoms with Gasteiger partial charge in [0.15, 0.2) is 0 Å². The van der Waals surface area contributed by atoms with Crippen LogP contribution in [0.2, 0.25) is 0 Å². The van der Waals surface area contributed by atoms with Crippen LogP contribution in [-0.4, -0.2) is 25.1 Å². The molecule has 0 saturated carbocycles. The van der Waals surface area contributed by atoms with Gasteiger partial charge in [0.25, 0.3) is 0 Å². The first-order valence-electron chi connectivity index (χ1n) is 8.68. The Bertz CT molecular complexity index is 1180. The molecule has 0 N–H and O–H groups in total. The number of aryl methyl sites for hydroxylation is 1. The first-order chi connectivity index (χ1) is 13.3. The van der Waals surface area contributed by atoms with Gasteiger partial charge in [-0.1, -0.05) is 35.9 Å². The van der Waals surface area contributed by atoms with Gasteiger partial charge in [0.1, 0.15) is 0 Å². The van der Waals surface area contributed by atoms with Gasteiger partial charge in [0.2, 0.25) is 15.7 Å². The molecule has 2 aromatic carbocycles. The van der Waals surface area contributed by atoms with E-state index in [2.05, 4.69) is 0 Å². The Morgan fingerprint density at radius 1 is 1.07 bits per heavy atom. The van der Waals surface area contributed by atoms with Crippen LogP contribution in [0.3, 0.4) is 0 Å². The minimum Gasteiger partial charge on any atom is -0.287 e. The smallest absolute Gasteiger partial charge is 0.227 e. The molecule has 4 nitrogen and oxygen atoms in total. The summed E-state index contributed by atoms with van der Waals surface area (Å²) in [5.74, 6) is -0.126. The van der Waals surface area contributed by atoms with Crippen molar-refractivity contribution in [1.29, 1.82) is 0 Å². The Balaban J connectivity index is 2.22. The zero-order valence-electron chi connectivity index (χ0n) is 15.9. The number of nitrogens with zero attached hydrogens (tertiary/aromatic N) is 1. The van der Waals surface area contributed by atoms with Gasteiger partial charge in [-0.15, -0.1) is 11.8 Å². The molecule has 0 fully saturated rings. The van der Waals surface area contributed by atoms with Crippen molar-refractivity contribution in [2.75, 3.05) is 6.26 Å². The summed E-state index contributed by atoms with van der Waals surface area (Å²) in [6.07, 6.45) is 6.78. The second-order valence-corrected chi connectivity index (χ2v) is 9.09. The van der Waals surface area contributed by atoms with E-state index in [9.17, 15) is 13.2 Å². The average Bonchev–Trinajstić information content (AvgIpc) is 3.04. The summed E-state index contributed by atoms with van der Waals surface area (Å²) in [4.78, 5) is 12.4. The maximum atomic E-state index is 13.2. The number of para-hydroxylation sites is 1. The molecule has 0 spiro atoms. The largest absolute Gasteiger partial charge is 0.287 e. The van der Waals surface area contributed by atoms with Gasteiger partial charge in [-0.05, 0) is 48.9 Å². The predicted molar refractivity (Wildman–Crippen MR) is 117 cm³/mol. The SMILES string of the molecule is CS/C=C/C(=C\c1cn(C(C)=O)c2ccccc12)S(=O)(=O)c1ccc(C)cc1. The molecule has 0 radical (unpaired) electrons. The lowest BCUT2D eigenvalue weighted by molar-refractivity contribution is 0.0941. The molecule has 0 aliphatic carbocycles. The van der Waals surface area contributed by atoms with Gasteiger partial charge < -0.3 is 0 Å². The van der Waals surface area contributed by atoms with Crippen LogP contribution in [0.25, 0.3) is 17.0 Å². The standard InChI is InChI=1S/C22H21NO3S2/c1-16-8-10-19(11-9-16)28(25,26)20(12-13-27-3)14-18-15-23(17(2)24)22-7-5-4-6-21(18)22/h4-15H,1-3H3/b13-12+,20-14+. The van der Waals surface area contributed by atoms with Gasteiger partial charge in [0, 0.05) is 24.1 Å². The van der Waals surface area contributed by atoms with Crippen LogP contribution >= 0.6 is 11.8 Å². The normalized spacial score (nSPS) is 12.8. The minimum atomic E-state index is -3.70. The number of sulfone groups is 1. The van der Waals surface area contributed by atoms with E-state index in [4.69, 9.17) is 0 Å². The average molecular weight is 412 g/mol. The summed E-state index contributed by atoms with van der Waals surface area (Å²) in [5.41, 5.74) is 2.43. The summed E-state index contributed by atoms with van der Waals surface area (Å²) in [6, 6.07) is 14.3. The number of benzene rings is 2. The second-order valence-electron chi connectivity index (χ2n) is 6.39. The van der Waals surface area contributed by atoms with Crippen molar-refractivity contribution in [1.82, 2.24) is 4.57 Å². The van der Waals surface area contributed by atoms with Crippen LogP contribution in [0.4, 0.5) is 0 Å². The number of carbonyl (C=O) groups excluding carboxylic acids is 1. The highest BCUT2D eigenvalue weighted by Gasteiger charge is 2.20. The van der Waals surface area contributed by atoms with E-state index >= 15 is 0 Å². The topological polar surface area (TPSA) is 56.1 Å². The van der Waals surface area contributed by atoms with E-state index in [-0.39, 0.29) is 15.7 Å². The number of rotatable bonds is 5. The highest BCUT2D eigenvalue weighted by atomic mass is 32.2. The Morgan fingerprint density at radius 3 is 2.39 bits per heavy atom. The van der Waals surface area contributed by atoms with Crippen molar-refractivity contribution < 1.29 is 13.2 Å². The molecule has 0 atom stereocenters. The van der Waals surface area contributed by atoms with E-state index in [0.717, 1.165) is 16.5 Å². The maximum Gasteiger partial charge on any atom is 0.227 e. The lowest BCUT2D eigenvalue weighted by Crippen LogP contribution is -2.03. The summed E-state index contributed by atoms with van der Waals surface area (Å²) in [6.45, 7) is 3.40. The van der Waals surface area contributed by atoms with Gasteiger partial charge in [-0.3, -0.25) is 9.36 Å². The van der Waals surface area contributed by atoms with Gasteiger partial charge >= 0.3 is 0 Å². The summed E-state index contributed by atoms with van der Waals surface area (Å²) >= 11 is 1.42. The third kappa shape index (κ3) is 3.98. The first kappa shape index (κ1) is 20.2. The van der Waals surface area contributed by atoms with E-state index < -0.39 is 9.84 Å². The van der Waals surface area contributed by atoms with E-state index in [1.54, 1.807) is 48.0 Å². The fourth-order valence-electron chi connectivity index (χ4n) is 2.94. The molecule has 0 bridgehead atoms. The third-order valence-corrected chi connectivity index (χ3v) is 6.57. The zero-order chi connectivity index (χ0) is 20.3. The molecule has 144 valence electrons. The first-order valence-corrected chi connectivity index (χ1v) is 11.5. The van der Waals surface area contributed by atoms with Crippen molar-refractivity contribution in [3.8, 4) is 0 Å². The summed E-state index contributed by atoms with van der Waals surface area (Å²) < 4.78 is 28.0. The molecule has 3 aromatic rings. The Labute approximate surface area is 169 Å². The lowest BCUT2D eigenvalue weighted by atomic mass is 10.1. The van der Waals surface area contributed by atoms with E-state index in [0.29, 0.717) is 5.56 Å². The van der Waals surface area contributed by atoms with Crippen LogP contribution in [0.1, 0.15) is 22.8 Å². The fraction of sp³-hybridized carbons (Fsp3) is 0.136. The molecular formula is C22H21NO3S2. The van der Waals surface area contributed by atoms with Gasteiger partial charge in [-0.25, -0.2) is 8.42 Å². The monoisotopic (exact) mass is 411 g/mol. The maximum absolute atomic E-state index is 13.2. The molecule has 0 unspecified atom stereocenters. The van der Waals surface area contributed by atoms with Gasteiger partial charge in [-0.2, -0.15) is 0 Å². The van der Waals surface area contributed by atoms with Gasteiger partial charge in [0.05, 0.1) is 15.3 Å². The predicted octanol–water partition coefficient (Wildman–Crippen LogP) is 5.30. The Hall–Kier alpha value is -2.57. The fourth-order valence-corrected chi connectivity index (χ4v) is 4.60. The molecule has 6 heteroatoms. The zero-order valence-corrected chi connectivity index (χ0v) is 17.5. The third-order valence-electron chi connectivity index (χ3n) is 4.39. The van der Waals surface area contributed by atoms with Crippen molar-refractivity contribution in [3.63, 3.8) is 0 Å². The van der Waals surface area contributed by atoms with Crippen molar-refractivity contribution in [3.05, 3.63) is 82.2 Å². The molecule has 28 heavy (non-hydrogen) atoms. The van der Waals surface area contributed by atoms with E-state index in [1.165, 1.54) is 23.3 Å². The van der Waals surface area contributed by atoms with Crippen LogP contribution in [-0.2, 0) is 9.84 Å². The molecule has 0 aliphatic heterocycles. The highest BCUT2D eigenvalue weighted by molar-refractivity contribution is 8.01. The Morgan fingerprint density at radius 2 is 1.75 bits per heavy atom. The Kier molecular flexibility index (Phi) is 5.91. The van der Waals surface area contributed by atoms with Crippen LogP contribution < -0.4 is 0 Å². The summed E-state index contributed by atoms with van der Waals surface area (Å²) in [7, 11) is -3.70. The summed E-state index contributed by atoms with van der Waals surface area (Å²) in [5, 5.41) is 2.56. The number of hydrogen-bond acceptors (Lipinski definition) is 4. The number of carbonyl (C=O) groups is 1. The molecule has 1 heterocycles. The molecule has 3 rings (SSSR count). The van der Waals surface area contributed by atoms with Crippen molar-refractivity contribution in [2.24, 2.45) is 0 Å². The molecular weight excluding hydrogens is 390 g/mol. The van der Waals surface area contributed by atoms with Crippen LogP contribution in [0.5, 0.6) is 0 Å². The number of thioether (sulfide) groups is 1. The molecule has 0 saturated heterocycles. The number of aromatic nitrogens is 1. The molecule has 1 aromatic heterocycles. The lowest BCUT2D eigenvalue weighted by Gasteiger charge is -2.06. The van der Waals surface area contributed by atoms with E-state index in [1.807, 2.05) is 37.4 Å². The number of fused-ring (bicyclic) bond motifs is 1. The highest BCUT2D eigenvalue weighted by Crippen LogP contribution is 2.28. The minimum absolute atomic E-state index is 0.126. The van der Waals surface area contributed by atoms with Crippen LogP contribution in [0, 0.1) is 6.92 Å².